The van der Waals surface area contributed by atoms with Crippen molar-refractivity contribution >= 4 is 11.6 Å². The number of nitrogen functional groups attached to an aromatic ring is 1. The van der Waals surface area contributed by atoms with Gasteiger partial charge in [-0.25, -0.2) is 8.78 Å². The van der Waals surface area contributed by atoms with Crippen molar-refractivity contribution in [2.45, 2.75) is 26.2 Å². The Morgan fingerprint density at radius 3 is 2.53 bits per heavy atom. The molecule has 1 amide bonds. The number of benzene rings is 1. The maximum atomic E-state index is 13.5. The number of hydrogen-bond donors (Lipinski definition) is 2. The number of nitrogens with two attached hydrogens (primary N) is 1. The van der Waals surface area contributed by atoms with Crippen molar-refractivity contribution in [3.8, 4) is 0 Å². The molecule has 3 nitrogen and oxygen atoms in total. The molecule has 17 heavy (non-hydrogen) atoms. The van der Waals surface area contributed by atoms with Crippen LogP contribution >= 0.6 is 0 Å². The Labute approximate surface area is 99.0 Å². The van der Waals surface area contributed by atoms with Crippen LogP contribution in [0.4, 0.5) is 14.5 Å². The third kappa shape index (κ3) is 2.72. The minimum Gasteiger partial charge on any atom is -0.394 e. The fourth-order valence-corrected chi connectivity index (χ4v) is 1.73. The molecule has 5 heteroatoms. The van der Waals surface area contributed by atoms with E-state index in [1.807, 2.05) is 13.8 Å². The van der Waals surface area contributed by atoms with Gasteiger partial charge in [0.15, 0.2) is 5.82 Å². The van der Waals surface area contributed by atoms with Crippen molar-refractivity contribution in [2.75, 3.05) is 12.3 Å². The highest BCUT2D eigenvalue weighted by Crippen LogP contribution is 2.29. The normalized spacial score (nSPS) is 18.4. The van der Waals surface area contributed by atoms with Gasteiger partial charge in [0.05, 0.1) is 0 Å². The number of anilines is 1. The molecule has 1 aliphatic rings. The van der Waals surface area contributed by atoms with E-state index in [1.165, 1.54) is 6.07 Å². The van der Waals surface area contributed by atoms with E-state index in [0.29, 0.717) is 12.1 Å². The molecule has 0 radical (unpaired) electrons. The molecule has 0 aliphatic carbocycles. The summed E-state index contributed by atoms with van der Waals surface area (Å²) in [5, 5.41) is 2.59. The van der Waals surface area contributed by atoms with Gasteiger partial charge < -0.3 is 11.1 Å². The average Bonchev–Trinajstić information content (AvgIpc) is 2.75. The largest absolute Gasteiger partial charge is 0.394 e. The van der Waals surface area contributed by atoms with Crippen molar-refractivity contribution in [1.82, 2.24) is 5.32 Å². The van der Waals surface area contributed by atoms with E-state index in [-0.39, 0.29) is 18.2 Å². The van der Waals surface area contributed by atoms with Crippen LogP contribution in [0.5, 0.6) is 0 Å². The SMILES string of the molecule is CC.Nc1c(F)ccc(C2CNC(=O)C2)c1F. The fraction of sp³-hybridized carbons (Fsp3) is 0.417. The van der Waals surface area contributed by atoms with Gasteiger partial charge in [-0.15, -0.1) is 0 Å². The van der Waals surface area contributed by atoms with Crippen LogP contribution < -0.4 is 11.1 Å². The maximum absolute atomic E-state index is 13.5. The Balaban J connectivity index is 0.000000686. The fourth-order valence-electron chi connectivity index (χ4n) is 1.73. The first kappa shape index (κ1) is 13.4. The Kier molecular flexibility index (Phi) is 4.43. The summed E-state index contributed by atoms with van der Waals surface area (Å²) in [5.41, 5.74) is 5.05. The summed E-state index contributed by atoms with van der Waals surface area (Å²) in [6.07, 6.45) is 0.224. The van der Waals surface area contributed by atoms with Gasteiger partial charge >= 0.3 is 0 Å². The van der Waals surface area contributed by atoms with E-state index in [1.54, 1.807) is 0 Å². The first-order chi connectivity index (χ1) is 8.09. The molecule has 0 aromatic heterocycles. The zero-order valence-corrected chi connectivity index (χ0v) is 9.89. The van der Waals surface area contributed by atoms with Crippen molar-refractivity contribution in [1.29, 1.82) is 0 Å². The molecular formula is C12H16F2N2O. The molecule has 0 bridgehead atoms. The molecule has 0 saturated carbocycles. The van der Waals surface area contributed by atoms with Crippen LogP contribution in [-0.2, 0) is 4.79 Å². The molecule has 1 fully saturated rings. The van der Waals surface area contributed by atoms with Gasteiger partial charge in [0.25, 0.3) is 0 Å². The zero-order chi connectivity index (χ0) is 13.0. The van der Waals surface area contributed by atoms with Gasteiger partial charge in [0.1, 0.15) is 11.5 Å². The molecule has 94 valence electrons. The molecule has 1 heterocycles. The Hall–Kier alpha value is -1.65. The summed E-state index contributed by atoms with van der Waals surface area (Å²) >= 11 is 0. The highest BCUT2D eigenvalue weighted by molar-refractivity contribution is 5.79. The van der Waals surface area contributed by atoms with Crippen LogP contribution in [0.1, 0.15) is 31.7 Å². The predicted molar refractivity (Wildman–Crippen MR) is 62.5 cm³/mol. The van der Waals surface area contributed by atoms with Gasteiger partial charge in [-0.3, -0.25) is 4.79 Å². The highest BCUT2D eigenvalue weighted by Gasteiger charge is 2.26. The molecule has 0 spiro atoms. The molecular weight excluding hydrogens is 226 g/mol. The van der Waals surface area contributed by atoms with Gasteiger partial charge in [-0.2, -0.15) is 0 Å². The minimum absolute atomic E-state index is 0.123. The standard InChI is InChI=1S/C10H10F2N2O.C2H6/c11-7-2-1-6(9(12)10(7)13)5-3-8(15)14-4-5;1-2/h1-2,5H,3-4,13H2,(H,14,15);1-2H3. The Morgan fingerprint density at radius 2 is 2.00 bits per heavy atom. The molecule has 2 rings (SSSR count). The summed E-state index contributed by atoms with van der Waals surface area (Å²) in [7, 11) is 0. The predicted octanol–water partition coefficient (Wildman–Crippen LogP) is 2.18. The van der Waals surface area contributed by atoms with Crippen LogP contribution in [0.3, 0.4) is 0 Å². The van der Waals surface area contributed by atoms with Gasteiger partial charge in [0.2, 0.25) is 5.91 Å². The molecule has 1 atom stereocenters. The number of carbonyl (C=O) groups excluding carboxylic acids is 1. The first-order valence-electron chi connectivity index (χ1n) is 5.59. The average molecular weight is 242 g/mol. The number of amides is 1. The number of rotatable bonds is 1. The van der Waals surface area contributed by atoms with Crippen molar-refractivity contribution in [2.24, 2.45) is 0 Å². The number of carbonyl (C=O) groups is 1. The van der Waals surface area contributed by atoms with Crippen LogP contribution in [0, 0.1) is 11.6 Å². The monoisotopic (exact) mass is 242 g/mol. The van der Waals surface area contributed by atoms with Gasteiger partial charge in [-0.05, 0) is 11.6 Å². The summed E-state index contributed by atoms with van der Waals surface area (Å²) in [6, 6.07) is 2.46. The van der Waals surface area contributed by atoms with Crippen LogP contribution in [0.25, 0.3) is 0 Å². The van der Waals surface area contributed by atoms with Crippen LogP contribution in [0.2, 0.25) is 0 Å². The van der Waals surface area contributed by atoms with Crippen LogP contribution in [0.15, 0.2) is 12.1 Å². The topological polar surface area (TPSA) is 55.1 Å². The van der Waals surface area contributed by atoms with E-state index in [9.17, 15) is 13.6 Å². The zero-order valence-electron chi connectivity index (χ0n) is 9.89. The molecule has 1 aromatic carbocycles. The van der Waals surface area contributed by atoms with Crippen molar-refractivity contribution in [3.05, 3.63) is 29.3 Å². The molecule has 1 saturated heterocycles. The third-order valence-electron chi connectivity index (χ3n) is 2.57. The van der Waals surface area contributed by atoms with E-state index >= 15 is 0 Å². The quantitative estimate of drug-likeness (QED) is 0.741. The van der Waals surface area contributed by atoms with Gasteiger partial charge in [-0.1, -0.05) is 19.9 Å². The summed E-state index contributed by atoms with van der Waals surface area (Å²) < 4.78 is 26.4. The van der Waals surface area contributed by atoms with Crippen LogP contribution in [-0.4, -0.2) is 12.5 Å². The lowest BCUT2D eigenvalue weighted by molar-refractivity contribution is -0.119. The molecule has 3 N–H and O–H groups in total. The van der Waals surface area contributed by atoms with Crippen molar-refractivity contribution < 1.29 is 13.6 Å². The molecule has 1 aromatic rings. The molecule has 1 aliphatic heterocycles. The van der Waals surface area contributed by atoms with E-state index in [4.69, 9.17) is 5.73 Å². The van der Waals surface area contributed by atoms with Gasteiger partial charge in [0, 0.05) is 18.9 Å². The molecule has 1 unspecified atom stereocenters. The highest BCUT2D eigenvalue weighted by atomic mass is 19.1. The summed E-state index contributed by atoms with van der Waals surface area (Å²) in [5.74, 6) is -1.90. The summed E-state index contributed by atoms with van der Waals surface area (Å²) in [4.78, 5) is 11.0. The maximum Gasteiger partial charge on any atom is 0.220 e. The third-order valence-corrected chi connectivity index (χ3v) is 2.57. The second kappa shape index (κ2) is 5.61. The minimum atomic E-state index is -0.770. The number of hydrogen-bond acceptors (Lipinski definition) is 2. The van der Waals surface area contributed by atoms with E-state index in [2.05, 4.69) is 5.32 Å². The lowest BCUT2D eigenvalue weighted by Gasteiger charge is -2.10. The second-order valence-electron chi connectivity index (χ2n) is 3.57. The summed E-state index contributed by atoms with van der Waals surface area (Å²) in [6.45, 7) is 4.38. The smallest absolute Gasteiger partial charge is 0.220 e. The second-order valence-corrected chi connectivity index (χ2v) is 3.57. The lowest BCUT2D eigenvalue weighted by atomic mass is 9.97. The Morgan fingerprint density at radius 1 is 1.35 bits per heavy atom. The number of nitrogens with one attached hydrogen (secondary N) is 1. The van der Waals surface area contributed by atoms with Crippen molar-refractivity contribution in [3.63, 3.8) is 0 Å². The van der Waals surface area contributed by atoms with E-state index < -0.39 is 17.3 Å². The first-order valence-corrected chi connectivity index (χ1v) is 5.59. The lowest BCUT2D eigenvalue weighted by Crippen LogP contribution is -2.14. The van der Waals surface area contributed by atoms with E-state index in [0.717, 1.165) is 6.07 Å². The Bertz CT molecular complexity index is 421. The number of halogens is 2.